The minimum atomic E-state index is 0.0879. The first-order valence-electron chi connectivity index (χ1n) is 7.88. The summed E-state index contributed by atoms with van der Waals surface area (Å²) in [5.74, 6) is 0. The van der Waals surface area contributed by atoms with Crippen molar-refractivity contribution < 1.29 is 4.84 Å². The molecule has 3 heteroatoms. The van der Waals surface area contributed by atoms with Gasteiger partial charge in [-0.1, -0.05) is 46.9 Å². The Balaban J connectivity index is 2.14. The number of piperidine rings is 1. The monoisotopic (exact) mass is 401 g/mol. The van der Waals surface area contributed by atoms with E-state index >= 15 is 0 Å². The van der Waals surface area contributed by atoms with Crippen LogP contribution in [0.5, 0.6) is 0 Å². The van der Waals surface area contributed by atoms with E-state index in [9.17, 15) is 0 Å². The molecule has 0 radical (unpaired) electrons. The Bertz CT molecular complexity index is 451. The Morgan fingerprint density at radius 3 is 2.10 bits per heavy atom. The molecule has 0 spiro atoms. The lowest BCUT2D eigenvalue weighted by Gasteiger charge is -2.52. The number of alkyl halides is 1. The minimum absolute atomic E-state index is 0.0879. The number of benzene rings is 1. The zero-order chi connectivity index (χ0) is 15.7. The van der Waals surface area contributed by atoms with Crippen LogP contribution in [0.1, 0.15) is 71.1 Å². The average molecular weight is 401 g/mol. The van der Waals surface area contributed by atoms with E-state index in [0.717, 1.165) is 4.43 Å². The smallest absolute Gasteiger partial charge is 0.102 e. The van der Waals surface area contributed by atoms with Crippen LogP contribution < -0.4 is 0 Å². The van der Waals surface area contributed by atoms with Gasteiger partial charge in [-0.05, 0) is 65.0 Å². The van der Waals surface area contributed by atoms with Gasteiger partial charge in [0.05, 0.1) is 0 Å². The van der Waals surface area contributed by atoms with Crippen LogP contribution in [0.25, 0.3) is 0 Å². The molecule has 1 atom stereocenters. The molecule has 0 saturated carbocycles. The van der Waals surface area contributed by atoms with Crippen LogP contribution in [0, 0.1) is 0 Å². The van der Waals surface area contributed by atoms with Gasteiger partial charge in [-0.2, -0.15) is 5.06 Å². The van der Waals surface area contributed by atoms with E-state index in [1.54, 1.807) is 0 Å². The maximum Gasteiger partial charge on any atom is 0.102 e. The number of rotatable bonds is 4. The summed E-state index contributed by atoms with van der Waals surface area (Å²) in [6.07, 6.45) is 3.75. The molecule has 1 aromatic rings. The third kappa shape index (κ3) is 3.99. The molecule has 0 amide bonds. The van der Waals surface area contributed by atoms with Crippen LogP contribution in [0.4, 0.5) is 0 Å². The van der Waals surface area contributed by atoms with Gasteiger partial charge >= 0.3 is 0 Å². The Kier molecular flexibility index (Phi) is 5.37. The van der Waals surface area contributed by atoms with Crippen molar-refractivity contribution in [3.05, 3.63) is 35.4 Å². The molecule has 2 rings (SSSR count). The van der Waals surface area contributed by atoms with Gasteiger partial charge in [0.25, 0.3) is 0 Å². The Morgan fingerprint density at radius 1 is 1.10 bits per heavy atom. The van der Waals surface area contributed by atoms with Crippen molar-refractivity contribution in [3.8, 4) is 0 Å². The highest BCUT2D eigenvalue weighted by atomic mass is 127. The molecule has 0 aliphatic carbocycles. The zero-order valence-electron chi connectivity index (χ0n) is 13.9. The summed E-state index contributed by atoms with van der Waals surface area (Å²) in [6.45, 7) is 11.3. The van der Waals surface area contributed by atoms with Crippen LogP contribution in [-0.4, -0.2) is 16.1 Å². The Labute approximate surface area is 143 Å². The Hall–Kier alpha value is -0.130. The summed E-state index contributed by atoms with van der Waals surface area (Å²) in [5.41, 5.74) is 2.81. The SMILES string of the molecule is CC(ON1C(C)(C)CCCC1(C)C)c1ccc(CI)cc1. The summed E-state index contributed by atoms with van der Waals surface area (Å²) in [7, 11) is 0. The lowest BCUT2D eigenvalue weighted by molar-refractivity contribution is -0.304. The molecule has 1 saturated heterocycles. The van der Waals surface area contributed by atoms with Gasteiger partial charge in [-0.25, -0.2) is 0 Å². The van der Waals surface area contributed by atoms with Crippen LogP contribution in [0.15, 0.2) is 24.3 Å². The molecule has 21 heavy (non-hydrogen) atoms. The van der Waals surface area contributed by atoms with E-state index in [0.29, 0.717) is 0 Å². The van der Waals surface area contributed by atoms with Gasteiger partial charge < -0.3 is 0 Å². The van der Waals surface area contributed by atoms with Gasteiger partial charge in [0.1, 0.15) is 6.10 Å². The third-order valence-corrected chi connectivity index (χ3v) is 5.42. The third-order valence-electron chi connectivity index (χ3n) is 4.54. The van der Waals surface area contributed by atoms with E-state index in [-0.39, 0.29) is 17.2 Å². The first-order chi connectivity index (χ1) is 9.76. The molecular weight excluding hydrogens is 373 g/mol. The second-order valence-corrected chi connectivity index (χ2v) is 8.16. The fourth-order valence-corrected chi connectivity index (χ4v) is 3.87. The highest BCUT2D eigenvalue weighted by molar-refractivity contribution is 14.1. The molecule has 118 valence electrons. The standard InChI is InChI=1S/C18H28INO/c1-14(16-9-7-15(13-19)8-10-16)21-20-17(2,3)11-6-12-18(20,4)5/h7-10,14H,6,11-13H2,1-5H3. The first kappa shape index (κ1) is 17.2. The normalized spacial score (nSPS) is 23.0. The van der Waals surface area contributed by atoms with E-state index in [2.05, 4.69) is 86.5 Å². The molecule has 1 aliphatic rings. The van der Waals surface area contributed by atoms with E-state index < -0.39 is 0 Å². The lowest BCUT2D eigenvalue weighted by atomic mass is 9.82. The molecule has 2 nitrogen and oxygen atoms in total. The summed E-state index contributed by atoms with van der Waals surface area (Å²) >= 11 is 2.40. The van der Waals surface area contributed by atoms with Crippen molar-refractivity contribution in [3.63, 3.8) is 0 Å². The molecule has 0 N–H and O–H groups in total. The fraction of sp³-hybridized carbons (Fsp3) is 0.667. The topological polar surface area (TPSA) is 12.5 Å². The molecule has 0 aromatic heterocycles. The summed E-state index contributed by atoms with van der Waals surface area (Å²) in [4.78, 5) is 6.41. The molecule has 1 heterocycles. The second-order valence-electron chi connectivity index (χ2n) is 7.40. The minimum Gasteiger partial charge on any atom is -0.290 e. The molecule has 1 aliphatic heterocycles. The van der Waals surface area contributed by atoms with Crippen LogP contribution >= 0.6 is 22.6 Å². The summed E-state index contributed by atoms with van der Waals surface area (Å²) in [5, 5.41) is 2.25. The fourth-order valence-electron chi connectivity index (χ4n) is 3.36. The Morgan fingerprint density at radius 2 is 1.62 bits per heavy atom. The van der Waals surface area contributed by atoms with Crippen LogP contribution in [0.3, 0.4) is 0 Å². The molecule has 1 fully saturated rings. The van der Waals surface area contributed by atoms with Crippen molar-refractivity contribution in [1.82, 2.24) is 5.06 Å². The molecule has 1 unspecified atom stereocenters. The van der Waals surface area contributed by atoms with E-state index in [1.165, 1.54) is 30.4 Å². The van der Waals surface area contributed by atoms with Crippen molar-refractivity contribution in [2.45, 2.75) is 75.5 Å². The van der Waals surface area contributed by atoms with Gasteiger partial charge in [0.15, 0.2) is 0 Å². The molecule has 0 bridgehead atoms. The quantitative estimate of drug-likeness (QED) is 0.477. The van der Waals surface area contributed by atoms with Gasteiger partial charge in [0.2, 0.25) is 0 Å². The van der Waals surface area contributed by atoms with Crippen molar-refractivity contribution >= 4 is 22.6 Å². The number of halogens is 1. The van der Waals surface area contributed by atoms with Gasteiger partial charge in [0, 0.05) is 15.5 Å². The predicted molar refractivity (Wildman–Crippen MR) is 97.5 cm³/mol. The maximum atomic E-state index is 6.41. The zero-order valence-corrected chi connectivity index (χ0v) is 16.1. The highest BCUT2D eigenvalue weighted by Crippen LogP contribution is 2.40. The summed E-state index contributed by atoms with van der Waals surface area (Å²) < 4.78 is 1.06. The first-order valence-corrected chi connectivity index (χ1v) is 9.41. The largest absolute Gasteiger partial charge is 0.290 e. The molecule has 1 aromatic carbocycles. The maximum absolute atomic E-state index is 6.41. The number of hydrogen-bond donors (Lipinski definition) is 0. The number of nitrogens with zero attached hydrogens (tertiary/aromatic N) is 1. The van der Waals surface area contributed by atoms with Crippen molar-refractivity contribution in [2.75, 3.05) is 0 Å². The lowest BCUT2D eigenvalue weighted by Crippen LogP contribution is -2.58. The van der Waals surface area contributed by atoms with E-state index in [1.807, 2.05) is 0 Å². The predicted octanol–water partition coefficient (Wildman–Crippen LogP) is 5.66. The molecular formula is C18H28INO. The highest BCUT2D eigenvalue weighted by Gasteiger charge is 2.43. The van der Waals surface area contributed by atoms with Gasteiger partial charge in [-0.15, -0.1) is 0 Å². The van der Waals surface area contributed by atoms with E-state index in [4.69, 9.17) is 4.84 Å². The number of hydroxylamine groups is 2. The average Bonchev–Trinajstić information content (AvgIpc) is 2.42. The second kappa shape index (κ2) is 6.55. The summed E-state index contributed by atoms with van der Waals surface area (Å²) in [6, 6.07) is 8.80. The van der Waals surface area contributed by atoms with Crippen LogP contribution in [0.2, 0.25) is 0 Å². The van der Waals surface area contributed by atoms with Crippen molar-refractivity contribution in [1.29, 1.82) is 0 Å². The van der Waals surface area contributed by atoms with Crippen LogP contribution in [-0.2, 0) is 9.27 Å². The van der Waals surface area contributed by atoms with Crippen molar-refractivity contribution in [2.24, 2.45) is 0 Å². The van der Waals surface area contributed by atoms with Gasteiger partial charge in [-0.3, -0.25) is 4.84 Å². The number of hydrogen-bond acceptors (Lipinski definition) is 2.